The Kier molecular flexibility index (Phi) is 6.00. The van der Waals surface area contributed by atoms with E-state index in [0.717, 1.165) is 13.1 Å². The van der Waals surface area contributed by atoms with Crippen LogP contribution in [0.5, 0.6) is 0 Å². The smallest absolute Gasteiger partial charge is 0.143 e. The van der Waals surface area contributed by atoms with Crippen LogP contribution in [0.1, 0.15) is 5.56 Å². The molecule has 0 atom stereocenters. The molecule has 1 rings (SSSR count). The first kappa shape index (κ1) is 13.4. The lowest BCUT2D eigenvalue weighted by molar-refractivity contribution is 0.200. The quantitative estimate of drug-likeness (QED) is 0.703. The van der Waals surface area contributed by atoms with Crippen molar-refractivity contribution in [2.75, 3.05) is 38.7 Å². The van der Waals surface area contributed by atoms with Crippen molar-refractivity contribution >= 4 is 5.69 Å². The number of methoxy groups -OCH3 is 1. The molecule has 1 aromatic carbocycles. The lowest BCUT2D eigenvalue weighted by Gasteiger charge is -2.09. The van der Waals surface area contributed by atoms with Crippen LogP contribution in [0.2, 0.25) is 0 Å². The van der Waals surface area contributed by atoms with Crippen LogP contribution in [-0.4, -0.2) is 33.4 Å². The summed E-state index contributed by atoms with van der Waals surface area (Å²) in [5, 5.41) is 15.0. The maximum absolute atomic E-state index is 13.2. The van der Waals surface area contributed by atoms with Gasteiger partial charge in [0.1, 0.15) is 17.4 Å². The van der Waals surface area contributed by atoms with Gasteiger partial charge in [-0.1, -0.05) is 6.07 Å². The first-order valence-electron chi connectivity index (χ1n) is 5.41. The van der Waals surface area contributed by atoms with Crippen molar-refractivity contribution < 1.29 is 9.13 Å². The van der Waals surface area contributed by atoms with Crippen molar-refractivity contribution in [2.45, 2.75) is 0 Å². The molecule has 4 nitrogen and oxygen atoms in total. The molecule has 0 saturated heterocycles. The van der Waals surface area contributed by atoms with E-state index in [1.54, 1.807) is 19.2 Å². The SMILES string of the molecule is COCCNCCNc1cccc(F)c1C#N. The Morgan fingerprint density at radius 2 is 2.18 bits per heavy atom. The first-order chi connectivity index (χ1) is 8.29. The Hall–Kier alpha value is -1.64. The van der Waals surface area contributed by atoms with E-state index in [1.807, 2.05) is 6.07 Å². The van der Waals surface area contributed by atoms with E-state index in [1.165, 1.54) is 6.07 Å². The van der Waals surface area contributed by atoms with Crippen LogP contribution in [0.25, 0.3) is 0 Å². The minimum absolute atomic E-state index is 0.0596. The fraction of sp³-hybridized carbons (Fsp3) is 0.417. The van der Waals surface area contributed by atoms with E-state index in [9.17, 15) is 4.39 Å². The van der Waals surface area contributed by atoms with Crippen LogP contribution in [0.3, 0.4) is 0 Å². The van der Waals surface area contributed by atoms with Crippen LogP contribution in [0.4, 0.5) is 10.1 Å². The number of nitrogens with one attached hydrogen (secondary N) is 2. The molecule has 0 aromatic heterocycles. The summed E-state index contributed by atoms with van der Waals surface area (Å²) in [7, 11) is 1.64. The molecule has 5 heteroatoms. The molecule has 2 N–H and O–H groups in total. The molecule has 0 aliphatic carbocycles. The number of hydrogen-bond acceptors (Lipinski definition) is 4. The van der Waals surface area contributed by atoms with Gasteiger partial charge in [-0.25, -0.2) is 4.39 Å². The normalized spacial score (nSPS) is 9.94. The topological polar surface area (TPSA) is 57.1 Å². The van der Waals surface area contributed by atoms with Crippen LogP contribution < -0.4 is 10.6 Å². The number of hydrogen-bond donors (Lipinski definition) is 2. The molecule has 0 radical (unpaired) electrons. The average molecular weight is 237 g/mol. The highest BCUT2D eigenvalue weighted by atomic mass is 19.1. The van der Waals surface area contributed by atoms with Gasteiger partial charge in [-0.05, 0) is 12.1 Å². The van der Waals surface area contributed by atoms with Gasteiger partial charge in [0, 0.05) is 26.7 Å². The first-order valence-corrected chi connectivity index (χ1v) is 5.41. The Morgan fingerprint density at radius 1 is 1.35 bits per heavy atom. The molecule has 92 valence electrons. The molecule has 0 fully saturated rings. The summed E-state index contributed by atoms with van der Waals surface area (Å²) < 4.78 is 18.1. The highest BCUT2D eigenvalue weighted by Crippen LogP contribution is 2.16. The summed E-state index contributed by atoms with van der Waals surface area (Å²) in [6, 6.07) is 6.40. The third-order valence-corrected chi connectivity index (χ3v) is 2.23. The lowest BCUT2D eigenvalue weighted by Crippen LogP contribution is -2.25. The van der Waals surface area contributed by atoms with Gasteiger partial charge in [0.25, 0.3) is 0 Å². The van der Waals surface area contributed by atoms with E-state index in [4.69, 9.17) is 10.00 Å². The second-order valence-electron chi connectivity index (χ2n) is 3.44. The molecule has 0 spiro atoms. The van der Waals surface area contributed by atoms with Crippen LogP contribution in [0.15, 0.2) is 18.2 Å². The average Bonchev–Trinajstić information content (AvgIpc) is 2.34. The number of nitrogens with zero attached hydrogens (tertiary/aromatic N) is 1. The molecule has 0 saturated carbocycles. The van der Waals surface area contributed by atoms with Crippen molar-refractivity contribution in [3.63, 3.8) is 0 Å². The van der Waals surface area contributed by atoms with Gasteiger partial charge in [0.15, 0.2) is 0 Å². The summed E-state index contributed by atoms with van der Waals surface area (Å²) in [6.45, 7) is 2.78. The second kappa shape index (κ2) is 7.60. The van der Waals surface area contributed by atoms with Gasteiger partial charge in [-0.3, -0.25) is 0 Å². The third kappa shape index (κ3) is 4.39. The highest BCUT2D eigenvalue weighted by Gasteiger charge is 2.06. The number of nitriles is 1. The molecule has 0 unspecified atom stereocenters. The molecular weight excluding hydrogens is 221 g/mol. The van der Waals surface area contributed by atoms with Crippen LogP contribution in [0, 0.1) is 17.1 Å². The summed E-state index contributed by atoms with van der Waals surface area (Å²) in [5.74, 6) is -0.496. The third-order valence-electron chi connectivity index (χ3n) is 2.23. The molecule has 1 aromatic rings. The number of anilines is 1. The number of halogens is 1. The van der Waals surface area contributed by atoms with Gasteiger partial charge < -0.3 is 15.4 Å². The molecular formula is C12H16FN3O. The molecule has 0 bridgehead atoms. The van der Waals surface area contributed by atoms with Crippen molar-refractivity contribution in [1.29, 1.82) is 5.26 Å². The predicted molar refractivity (Wildman–Crippen MR) is 64.4 cm³/mol. The molecule has 0 heterocycles. The Balaban J connectivity index is 2.37. The summed E-state index contributed by atoms with van der Waals surface area (Å²) in [5.41, 5.74) is 0.588. The highest BCUT2D eigenvalue weighted by molar-refractivity contribution is 5.57. The zero-order chi connectivity index (χ0) is 12.5. The number of ether oxygens (including phenoxy) is 1. The summed E-state index contributed by atoms with van der Waals surface area (Å²) in [4.78, 5) is 0. The summed E-state index contributed by atoms with van der Waals surface area (Å²) in [6.07, 6.45) is 0. The van der Waals surface area contributed by atoms with Crippen LogP contribution >= 0.6 is 0 Å². The van der Waals surface area contributed by atoms with Gasteiger partial charge >= 0.3 is 0 Å². The van der Waals surface area contributed by atoms with E-state index in [0.29, 0.717) is 18.8 Å². The zero-order valence-corrected chi connectivity index (χ0v) is 9.79. The molecule has 0 aliphatic heterocycles. The van der Waals surface area contributed by atoms with E-state index in [2.05, 4.69) is 10.6 Å². The van der Waals surface area contributed by atoms with E-state index >= 15 is 0 Å². The molecule has 0 aliphatic rings. The molecule has 0 amide bonds. The second-order valence-corrected chi connectivity index (χ2v) is 3.44. The minimum atomic E-state index is -0.496. The fourth-order valence-corrected chi connectivity index (χ4v) is 1.37. The van der Waals surface area contributed by atoms with Gasteiger partial charge in [-0.2, -0.15) is 5.26 Å². The van der Waals surface area contributed by atoms with Gasteiger partial charge in [0.2, 0.25) is 0 Å². The molecule has 17 heavy (non-hydrogen) atoms. The number of benzene rings is 1. The maximum atomic E-state index is 13.2. The lowest BCUT2D eigenvalue weighted by atomic mass is 10.2. The van der Waals surface area contributed by atoms with Crippen molar-refractivity contribution in [3.8, 4) is 6.07 Å². The monoisotopic (exact) mass is 237 g/mol. The minimum Gasteiger partial charge on any atom is -0.383 e. The van der Waals surface area contributed by atoms with Gasteiger partial charge in [0.05, 0.1) is 12.3 Å². The Morgan fingerprint density at radius 3 is 2.88 bits per heavy atom. The number of rotatable bonds is 7. The van der Waals surface area contributed by atoms with Crippen molar-refractivity contribution in [2.24, 2.45) is 0 Å². The van der Waals surface area contributed by atoms with Crippen molar-refractivity contribution in [3.05, 3.63) is 29.6 Å². The van der Waals surface area contributed by atoms with Gasteiger partial charge in [-0.15, -0.1) is 0 Å². The largest absolute Gasteiger partial charge is 0.383 e. The predicted octanol–water partition coefficient (Wildman–Crippen LogP) is 1.35. The van der Waals surface area contributed by atoms with Crippen molar-refractivity contribution in [1.82, 2.24) is 5.32 Å². The van der Waals surface area contributed by atoms with E-state index in [-0.39, 0.29) is 5.56 Å². The fourth-order valence-electron chi connectivity index (χ4n) is 1.37. The maximum Gasteiger partial charge on any atom is 0.143 e. The Bertz CT molecular complexity index is 390. The zero-order valence-electron chi connectivity index (χ0n) is 9.79. The van der Waals surface area contributed by atoms with E-state index < -0.39 is 5.82 Å². The Labute approximate surface area is 100 Å². The standard InChI is InChI=1S/C12H16FN3O/c1-17-8-7-15-5-6-16-12-4-2-3-11(13)10(12)9-14/h2-4,15-16H,5-8H2,1H3. The summed E-state index contributed by atoms with van der Waals surface area (Å²) >= 11 is 0. The van der Waals surface area contributed by atoms with Crippen LogP contribution in [-0.2, 0) is 4.74 Å².